The Kier molecular flexibility index (Phi) is 3.27. The number of furan rings is 1. The lowest BCUT2D eigenvalue weighted by atomic mass is 10.2. The van der Waals surface area contributed by atoms with Gasteiger partial charge < -0.3 is 9.73 Å². The van der Waals surface area contributed by atoms with Gasteiger partial charge in [-0.3, -0.25) is 4.79 Å². The van der Waals surface area contributed by atoms with Gasteiger partial charge in [0.15, 0.2) is 0 Å². The Morgan fingerprint density at radius 1 is 1.31 bits per heavy atom. The van der Waals surface area contributed by atoms with Crippen LogP contribution in [0.25, 0.3) is 0 Å². The molecule has 0 fully saturated rings. The first-order valence-electron chi connectivity index (χ1n) is 4.82. The predicted molar refractivity (Wildman–Crippen MR) is 61.3 cm³/mol. The SMILES string of the molecule is O=C(NCc1ccco1)c1cccc(Cl)c1. The molecule has 0 bridgehead atoms. The van der Waals surface area contributed by atoms with Crippen molar-refractivity contribution in [2.24, 2.45) is 0 Å². The predicted octanol–water partition coefficient (Wildman–Crippen LogP) is 2.86. The van der Waals surface area contributed by atoms with Gasteiger partial charge >= 0.3 is 0 Å². The number of hydrogen-bond donors (Lipinski definition) is 1. The van der Waals surface area contributed by atoms with E-state index in [1.807, 2.05) is 0 Å². The molecule has 2 aromatic rings. The Morgan fingerprint density at radius 3 is 2.88 bits per heavy atom. The number of hydrogen-bond acceptors (Lipinski definition) is 2. The van der Waals surface area contributed by atoms with Crippen LogP contribution in [0.4, 0.5) is 0 Å². The maximum absolute atomic E-state index is 11.7. The van der Waals surface area contributed by atoms with Crippen LogP contribution < -0.4 is 5.32 Å². The molecule has 0 aliphatic heterocycles. The van der Waals surface area contributed by atoms with Crippen molar-refractivity contribution in [1.29, 1.82) is 0 Å². The first-order chi connectivity index (χ1) is 7.75. The molecule has 1 N–H and O–H groups in total. The minimum absolute atomic E-state index is 0.168. The smallest absolute Gasteiger partial charge is 0.251 e. The summed E-state index contributed by atoms with van der Waals surface area (Å²) < 4.78 is 5.10. The molecule has 0 saturated carbocycles. The van der Waals surface area contributed by atoms with Crippen LogP contribution >= 0.6 is 11.6 Å². The molecular formula is C12H10ClNO2. The van der Waals surface area contributed by atoms with E-state index in [1.165, 1.54) is 0 Å². The molecule has 0 saturated heterocycles. The van der Waals surface area contributed by atoms with Gasteiger partial charge in [0.1, 0.15) is 5.76 Å². The quantitative estimate of drug-likeness (QED) is 0.889. The van der Waals surface area contributed by atoms with E-state index >= 15 is 0 Å². The molecular weight excluding hydrogens is 226 g/mol. The molecule has 0 atom stereocenters. The molecule has 4 heteroatoms. The van der Waals surface area contributed by atoms with Gasteiger partial charge in [-0.1, -0.05) is 17.7 Å². The third-order valence-corrected chi connectivity index (χ3v) is 2.33. The van der Waals surface area contributed by atoms with Crippen molar-refractivity contribution in [3.8, 4) is 0 Å². The lowest BCUT2D eigenvalue weighted by Gasteiger charge is -2.03. The zero-order valence-corrected chi connectivity index (χ0v) is 9.20. The van der Waals surface area contributed by atoms with Crippen molar-refractivity contribution in [2.45, 2.75) is 6.54 Å². The molecule has 1 amide bonds. The Morgan fingerprint density at radius 2 is 2.19 bits per heavy atom. The molecule has 0 unspecified atom stereocenters. The van der Waals surface area contributed by atoms with Gasteiger partial charge in [-0.05, 0) is 30.3 Å². The van der Waals surface area contributed by atoms with Gasteiger partial charge in [0.2, 0.25) is 0 Å². The zero-order chi connectivity index (χ0) is 11.4. The molecule has 0 spiro atoms. The minimum atomic E-state index is -0.168. The van der Waals surface area contributed by atoms with E-state index in [2.05, 4.69) is 5.32 Å². The summed E-state index contributed by atoms with van der Waals surface area (Å²) in [6, 6.07) is 10.4. The number of benzene rings is 1. The molecule has 0 aliphatic carbocycles. The molecule has 82 valence electrons. The van der Waals surface area contributed by atoms with Crippen molar-refractivity contribution >= 4 is 17.5 Å². The fraction of sp³-hybridized carbons (Fsp3) is 0.0833. The Labute approximate surface area is 98.0 Å². The highest BCUT2D eigenvalue weighted by atomic mass is 35.5. The highest BCUT2D eigenvalue weighted by molar-refractivity contribution is 6.30. The molecule has 16 heavy (non-hydrogen) atoms. The molecule has 0 aliphatic rings. The molecule has 1 aromatic carbocycles. The van der Waals surface area contributed by atoms with Gasteiger partial charge in [0.05, 0.1) is 12.8 Å². The third kappa shape index (κ3) is 2.64. The second-order valence-corrected chi connectivity index (χ2v) is 3.71. The minimum Gasteiger partial charge on any atom is -0.467 e. The van der Waals surface area contributed by atoms with Crippen molar-refractivity contribution in [3.63, 3.8) is 0 Å². The summed E-state index contributed by atoms with van der Waals surface area (Å²) in [4.78, 5) is 11.7. The number of carbonyl (C=O) groups excluding carboxylic acids is 1. The zero-order valence-electron chi connectivity index (χ0n) is 8.44. The number of carbonyl (C=O) groups is 1. The molecule has 1 heterocycles. The van der Waals surface area contributed by atoms with Gasteiger partial charge in [-0.25, -0.2) is 0 Å². The summed E-state index contributed by atoms with van der Waals surface area (Å²) in [6.45, 7) is 0.373. The monoisotopic (exact) mass is 235 g/mol. The summed E-state index contributed by atoms with van der Waals surface area (Å²) in [7, 11) is 0. The standard InChI is InChI=1S/C12H10ClNO2/c13-10-4-1-3-9(7-10)12(15)14-8-11-5-2-6-16-11/h1-7H,8H2,(H,14,15). The second-order valence-electron chi connectivity index (χ2n) is 3.27. The third-order valence-electron chi connectivity index (χ3n) is 2.09. The van der Waals surface area contributed by atoms with E-state index in [4.69, 9.17) is 16.0 Å². The second kappa shape index (κ2) is 4.86. The maximum Gasteiger partial charge on any atom is 0.251 e. The van der Waals surface area contributed by atoms with Crippen molar-refractivity contribution in [1.82, 2.24) is 5.32 Å². The number of amides is 1. The number of nitrogens with one attached hydrogen (secondary N) is 1. The van der Waals surface area contributed by atoms with Gasteiger partial charge in [-0.2, -0.15) is 0 Å². The Bertz CT molecular complexity index is 480. The maximum atomic E-state index is 11.7. The van der Waals surface area contributed by atoms with Crippen LogP contribution in [0, 0.1) is 0 Å². The van der Waals surface area contributed by atoms with Crippen LogP contribution in [0.3, 0.4) is 0 Å². The Balaban J connectivity index is 1.98. The van der Waals surface area contributed by atoms with Gasteiger partial charge in [0, 0.05) is 10.6 Å². The largest absolute Gasteiger partial charge is 0.467 e. The first-order valence-corrected chi connectivity index (χ1v) is 5.19. The average Bonchev–Trinajstić information content (AvgIpc) is 2.78. The molecule has 1 aromatic heterocycles. The van der Waals surface area contributed by atoms with E-state index in [0.29, 0.717) is 17.1 Å². The normalized spacial score (nSPS) is 10.1. The van der Waals surface area contributed by atoms with Crippen LogP contribution in [0.5, 0.6) is 0 Å². The lowest BCUT2D eigenvalue weighted by molar-refractivity contribution is 0.0948. The lowest BCUT2D eigenvalue weighted by Crippen LogP contribution is -2.22. The Hall–Kier alpha value is -1.74. The van der Waals surface area contributed by atoms with E-state index < -0.39 is 0 Å². The topological polar surface area (TPSA) is 42.2 Å². The van der Waals surface area contributed by atoms with Crippen LogP contribution in [0.2, 0.25) is 5.02 Å². The van der Waals surface area contributed by atoms with E-state index in [1.54, 1.807) is 42.7 Å². The first kappa shape index (κ1) is 10.8. The summed E-state index contributed by atoms with van der Waals surface area (Å²) in [6.07, 6.45) is 1.57. The number of rotatable bonds is 3. The highest BCUT2D eigenvalue weighted by Gasteiger charge is 2.05. The van der Waals surface area contributed by atoms with Crippen molar-refractivity contribution in [3.05, 3.63) is 59.0 Å². The molecule has 2 rings (SSSR count). The van der Waals surface area contributed by atoms with Crippen LogP contribution in [-0.2, 0) is 6.54 Å². The van der Waals surface area contributed by atoms with Crippen LogP contribution in [0.15, 0.2) is 47.1 Å². The van der Waals surface area contributed by atoms with E-state index in [0.717, 1.165) is 5.76 Å². The summed E-state index contributed by atoms with van der Waals surface area (Å²) >= 11 is 5.79. The van der Waals surface area contributed by atoms with Crippen molar-refractivity contribution < 1.29 is 9.21 Å². The van der Waals surface area contributed by atoms with Crippen molar-refractivity contribution in [2.75, 3.05) is 0 Å². The highest BCUT2D eigenvalue weighted by Crippen LogP contribution is 2.10. The van der Waals surface area contributed by atoms with Crippen LogP contribution in [-0.4, -0.2) is 5.91 Å². The van der Waals surface area contributed by atoms with E-state index in [-0.39, 0.29) is 5.91 Å². The molecule has 3 nitrogen and oxygen atoms in total. The van der Waals surface area contributed by atoms with Gasteiger partial charge in [0.25, 0.3) is 5.91 Å². The average molecular weight is 236 g/mol. The fourth-order valence-corrected chi connectivity index (χ4v) is 1.50. The summed E-state index contributed by atoms with van der Waals surface area (Å²) in [5, 5.41) is 3.28. The van der Waals surface area contributed by atoms with Gasteiger partial charge in [-0.15, -0.1) is 0 Å². The summed E-state index contributed by atoms with van der Waals surface area (Å²) in [5.74, 6) is 0.550. The van der Waals surface area contributed by atoms with E-state index in [9.17, 15) is 4.79 Å². The summed E-state index contributed by atoms with van der Waals surface area (Å²) in [5.41, 5.74) is 0.541. The van der Waals surface area contributed by atoms with Crippen LogP contribution in [0.1, 0.15) is 16.1 Å². The fourth-order valence-electron chi connectivity index (χ4n) is 1.31. The molecule has 0 radical (unpaired) electrons. The number of halogens is 1.